The van der Waals surface area contributed by atoms with Crippen LogP contribution in [-0.4, -0.2) is 39.1 Å². The number of carbonyl (C=O) groups excluding carboxylic acids is 1. The number of hydrogen-bond donors (Lipinski definition) is 1. The maximum Gasteiger partial charge on any atom is 0.347 e. The maximum absolute atomic E-state index is 13.4. The van der Waals surface area contributed by atoms with E-state index in [9.17, 15) is 14.7 Å². The fourth-order valence-corrected chi connectivity index (χ4v) is 4.12. The maximum atomic E-state index is 13.4. The van der Waals surface area contributed by atoms with Gasteiger partial charge < -0.3 is 19.1 Å². The van der Waals surface area contributed by atoms with Crippen LogP contribution in [0.4, 0.5) is 0 Å². The summed E-state index contributed by atoms with van der Waals surface area (Å²) in [5.74, 6) is 0.371. The van der Waals surface area contributed by atoms with Gasteiger partial charge in [0.15, 0.2) is 11.4 Å². The molecule has 1 aromatic heterocycles. The van der Waals surface area contributed by atoms with Crippen molar-refractivity contribution in [3.05, 3.63) is 102 Å². The Morgan fingerprint density at radius 3 is 2.39 bits per heavy atom. The summed E-state index contributed by atoms with van der Waals surface area (Å²) in [6.07, 6.45) is 4.43. The monoisotopic (exact) mass is 512 g/mol. The molecule has 0 unspecified atom stereocenters. The number of unbranched alkanes of at least 4 members (excludes halogenated alkanes) is 1. The molecule has 1 heterocycles. The molecule has 0 saturated carbocycles. The van der Waals surface area contributed by atoms with E-state index in [4.69, 9.17) is 14.5 Å². The van der Waals surface area contributed by atoms with E-state index < -0.39 is 11.6 Å². The number of carboxylic acids is 1. The number of aryl methyl sites for hydroxylation is 2. The predicted molar refractivity (Wildman–Crippen MR) is 146 cm³/mol. The molecule has 7 nitrogen and oxygen atoms in total. The largest absolute Gasteiger partial charge is 0.497 e. The number of carbonyl (C=O) groups is 2. The smallest absolute Gasteiger partial charge is 0.347 e. The summed E-state index contributed by atoms with van der Waals surface area (Å²) >= 11 is 0. The molecule has 38 heavy (non-hydrogen) atoms. The number of rotatable bonds is 12. The van der Waals surface area contributed by atoms with Crippen LogP contribution in [0, 0.1) is 0 Å². The van der Waals surface area contributed by atoms with E-state index in [2.05, 4.69) is 0 Å². The zero-order valence-corrected chi connectivity index (χ0v) is 21.9. The van der Waals surface area contributed by atoms with Crippen LogP contribution >= 0.6 is 0 Å². The van der Waals surface area contributed by atoms with Gasteiger partial charge in [-0.1, -0.05) is 54.6 Å². The minimum atomic E-state index is -1.30. The fraction of sp³-hybridized carbons (Fsp3) is 0.258. The average molecular weight is 513 g/mol. The van der Waals surface area contributed by atoms with Gasteiger partial charge in [0, 0.05) is 23.9 Å². The van der Waals surface area contributed by atoms with Crippen molar-refractivity contribution in [2.45, 2.75) is 45.3 Å². The first-order valence-electron chi connectivity index (χ1n) is 12.6. The average Bonchev–Trinajstić information content (AvgIpc) is 3.35. The number of carboxylic acid groups (broad SMARTS) is 1. The molecule has 196 valence electrons. The lowest BCUT2D eigenvalue weighted by atomic mass is 10.1. The normalized spacial score (nSPS) is 11.2. The van der Waals surface area contributed by atoms with Crippen LogP contribution in [-0.2, 0) is 17.8 Å². The van der Waals surface area contributed by atoms with Crippen molar-refractivity contribution in [3.63, 3.8) is 0 Å². The van der Waals surface area contributed by atoms with Crippen molar-refractivity contribution in [2.24, 2.45) is 0 Å². The molecule has 1 N–H and O–H groups in total. The van der Waals surface area contributed by atoms with Gasteiger partial charge in [-0.05, 0) is 62.9 Å². The standard InChI is InChI=1S/C31H32N2O5/c1-31(2,30(35)36)38-26-17-9-12-22(19-26)11-7-8-18-33-21-27(23-13-5-4-6-14-23)32-29(33)28(34)24-15-10-16-25(20-24)37-3/h4-6,9-10,12-17,19-21H,7-8,11,18H2,1-3H3,(H,35,36). The molecule has 0 fully saturated rings. The van der Waals surface area contributed by atoms with E-state index in [0.29, 0.717) is 29.4 Å². The summed E-state index contributed by atoms with van der Waals surface area (Å²) in [7, 11) is 1.58. The number of hydrogen-bond acceptors (Lipinski definition) is 5. The fourth-order valence-electron chi connectivity index (χ4n) is 4.12. The third kappa shape index (κ3) is 6.48. The SMILES string of the molecule is COc1cccc(C(=O)c2nc(-c3ccccc3)cn2CCCCc2cccc(OC(C)(C)C(=O)O)c2)c1. The summed E-state index contributed by atoms with van der Waals surface area (Å²) < 4.78 is 12.9. The Balaban J connectivity index is 1.47. The van der Waals surface area contributed by atoms with Crippen molar-refractivity contribution in [2.75, 3.05) is 7.11 Å². The van der Waals surface area contributed by atoms with E-state index in [1.165, 1.54) is 13.8 Å². The Morgan fingerprint density at radius 1 is 0.921 bits per heavy atom. The number of methoxy groups -OCH3 is 1. The van der Waals surface area contributed by atoms with Gasteiger partial charge in [-0.25, -0.2) is 9.78 Å². The zero-order valence-electron chi connectivity index (χ0n) is 21.9. The second-order valence-corrected chi connectivity index (χ2v) is 9.59. The van der Waals surface area contributed by atoms with Gasteiger partial charge in [-0.3, -0.25) is 4.79 Å². The summed E-state index contributed by atoms with van der Waals surface area (Å²) in [5, 5.41) is 9.33. The molecule has 0 aliphatic rings. The Hall–Kier alpha value is -4.39. The summed E-state index contributed by atoms with van der Waals surface area (Å²) in [6, 6.07) is 24.4. The number of aromatic nitrogens is 2. The minimum absolute atomic E-state index is 0.156. The summed E-state index contributed by atoms with van der Waals surface area (Å²) in [4.78, 5) is 29.5. The molecule has 4 rings (SSSR count). The van der Waals surface area contributed by atoms with E-state index in [-0.39, 0.29) is 5.78 Å². The number of ether oxygens (including phenoxy) is 2. The first-order valence-corrected chi connectivity index (χ1v) is 12.6. The van der Waals surface area contributed by atoms with Gasteiger partial charge >= 0.3 is 5.97 Å². The molecule has 0 atom stereocenters. The second kappa shape index (κ2) is 11.8. The molecule has 4 aromatic rings. The van der Waals surface area contributed by atoms with Crippen LogP contribution in [0.3, 0.4) is 0 Å². The third-order valence-corrected chi connectivity index (χ3v) is 6.28. The molecular formula is C31H32N2O5. The Kier molecular flexibility index (Phi) is 8.26. The van der Waals surface area contributed by atoms with E-state index in [1.54, 1.807) is 37.4 Å². The van der Waals surface area contributed by atoms with E-state index in [1.807, 2.05) is 59.3 Å². The van der Waals surface area contributed by atoms with E-state index >= 15 is 0 Å². The van der Waals surface area contributed by atoms with E-state index in [0.717, 1.165) is 36.1 Å². The Bertz CT molecular complexity index is 1410. The highest BCUT2D eigenvalue weighted by molar-refractivity contribution is 6.07. The third-order valence-electron chi connectivity index (χ3n) is 6.28. The van der Waals surface area contributed by atoms with Crippen LogP contribution in [0.25, 0.3) is 11.3 Å². The highest BCUT2D eigenvalue weighted by Crippen LogP contribution is 2.24. The molecule has 0 spiro atoms. The highest BCUT2D eigenvalue weighted by Gasteiger charge is 2.29. The van der Waals surface area contributed by atoms with Gasteiger partial charge in [0.1, 0.15) is 11.5 Å². The van der Waals surface area contributed by atoms with Gasteiger partial charge in [-0.15, -0.1) is 0 Å². The Morgan fingerprint density at radius 2 is 1.66 bits per heavy atom. The van der Waals surface area contributed by atoms with Crippen molar-refractivity contribution in [3.8, 4) is 22.8 Å². The second-order valence-electron chi connectivity index (χ2n) is 9.59. The molecule has 0 radical (unpaired) electrons. The summed E-state index contributed by atoms with van der Waals surface area (Å²) in [5.41, 5.74) is 1.99. The molecule has 0 aliphatic heterocycles. The van der Waals surface area contributed by atoms with Gasteiger partial charge in [0.2, 0.25) is 5.78 Å². The van der Waals surface area contributed by atoms with Crippen LogP contribution in [0.2, 0.25) is 0 Å². The van der Waals surface area contributed by atoms with Gasteiger partial charge in [0.05, 0.1) is 12.8 Å². The molecule has 0 bridgehead atoms. The zero-order chi connectivity index (χ0) is 27.1. The van der Waals surface area contributed by atoms with Crippen LogP contribution in [0.5, 0.6) is 11.5 Å². The number of nitrogens with zero attached hydrogens (tertiary/aromatic N) is 2. The number of ketones is 1. The van der Waals surface area contributed by atoms with Gasteiger partial charge in [-0.2, -0.15) is 0 Å². The number of imidazole rings is 1. The van der Waals surface area contributed by atoms with Crippen LogP contribution in [0.1, 0.15) is 48.4 Å². The topological polar surface area (TPSA) is 90.6 Å². The molecule has 0 aliphatic carbocycles. The van der Waals surface area contributed by atoms with Crippen molar-refractivity contribution < 1.29 is 24.2 Å². The lowest BCUT2D eigenvalue weighted by Crippen LogP contribution is -2.37. The first kappa shape index (κ1) is 26.7. The highest BCUT2D eigenvalue weighted by atomic mass is 16.5. The number of benzene rings is 3. The van der Waals surface area contributed by atoms with Crippen molar-refractivity contribution in [1.82, 2.24) is 9.55 Å². The lowest BCUT2D eigenvalue weighted by molar-refractivity contribution is -0.152. The molecule has 0 amide bonds. The van der Waals surface area contributed by atoms with Crippen molar-refractivity contribution >= 4 is 11.8 Å². The first-order chi connectivity index (χ1) is 18.3. The van der Waals surface area contributed by atoms with Crippen LogP contribution < -0.4 is 9.47 Å². The minimum Gasteiger partial charge on any atom is -0.497 e. The van der Waals surface area contributed by atoms with Crippen molar-refractivity contribution in [1.29, 1.82) is 0 Å². The Labute approximate surface area is 222 Å². The lowest BCUT2D eigenvalue weighted by Gasteiger charge is -2.21. The molecule has 3 aromatic carbocycles. The summed E-state index contributed by atoms with van der Waals surface area (Å²) in [6.45, 7) is 3.69. The predicted octanol–water partition coefficient (Wildman–Crippen LogP) is 6.05. The quantitative estimate of drug-likeness (QED) is 0.183. The van der Waals surface area contributed by atoms with Gasteiger partial charge in [0.25, 0.3) is 0 Å². The molecular weight excluding hydrogens is 480 g/mol. The van der Waals surface area contributed by atoms with Crippen LogP contribution in [0.15, 0.2) is 85.1 Å². The molecule has 7 heteroatoms. The molecule has 0 saturated heterocycles. The number of aliphatic carboxylic acids is 1.